The van der Waals surface area contributed by atoms with E-state index in [2.05, 4.69) is 10.1 Å². The summed E-state index contributed by atoms with van der Waals surface area (Å²) in [7, 11) is -6.98. The van der Waals surface area contributed by atoms with Crippen LogP contribution in [0.1, 0.15) is 17.5 Å². The number of aryl methyl sites for hydroxylation is 1. The summed E-state index contributed by atoms with van der Waals surface area (Å²) in [6.45, 7) is 0.662. The lowest BCUT2D eigenvalue weighted by Crippen LogP contribution is -2.39. The van der Waals surface area contributed by atoms with Gasteiger partial charge in [-0.15, -0.1) is 0 Å². The number of benzene rings is 1. The zero-order chi connectivity index (χ0) is 20.8. The Morgan fingerprint density at radius 3 is 2.54 bits per heavy atom. The average Bonchev–Trinajstić information content (AvgIpc) is 2.96. The molecule has 1 aromatic carbocycles. The maximum Gasteiger partial charge on any atom is 0.321 e. The monoisotopic (exact) mass is 430 g/mol. The molecule has 0 radical (unpaired) electrons. The first-order valence-electron chi connectivity index (χ1n) is 8.44. The van der Waals surface area contributed by atoms with Gasteiger partial charge >= 0.3 is 5.97 Å². The van der Waals surface area contributed by atoms with Crippen LogP contribution < -0.4 is 10.0 Å². The van der Waals surface area contributed by atoms with Crippen molar-refractivity contribution in [1.29, 1.82) is 0 Å². The van der Waals surface area contributed by atoms with E-state index in [0.717, 1.165) is 11.0 Å². The maximum absolute atomic E-state index is 11.9. The molecule has 1 aliphatic rings. The highest BCUT2D eigenvalue weighted by Crippen LogP contribution is 2.11. The first kappa shape index (κ1) is 22.1. The number of carbonyl (C=O) groups excluding carboxylic acids is 2. The number of sulfone groups is 1. The third kappa shape index (κ3) is 7.79. The highest BCUT2D eigenvalue weighted by Gasteiger charge is 2.29. The largest absolute Gasteiger partial charge is 0.455 e. The fraction of sp³-hybridized carbons (Fsp3) is 0.412. The zero-order valence-corrected chi connectivity index (χ0v) is 16.9. The topological polar surface area (TPSA) is 136 Å². The van der Waals surface area contributed by atoms with Crippen molar-refractivity contribution in [2.75, 3.05) is 24.7 Å². The molecule has 2 N–H and O–H groups in total. The number of carbonyl (C=O) groups is 2. The maximum atomic E-state index is 11.9. The fourth-order valence-corrected chi connectivity index (χ4v) is 4.85. The lowest BCUT2D eigenvalue weighted by atomic mass is 10.2. The van der Waals surface area contributed by atoms with E-state index in [1.807, 2.05) is 23.8 Å². The molecule has 0 aromatic heterocycles. The summed E-state index contributed by atoms with van der Waals surface area (Å²) in [5, 5.41) is 3.39. The predicted molar refractivity (Wildman–Crippen MR) is 103 cm³/mol. The number of esters is 1. The SMILES string of the molecule is Cc1ccc(C=CS(=O)(=O)NCC(=O)OCC(=O)NC2CCS(=O)(=O)C2)cc1. The molecule has 1 heterocycles. The van der Waals surface area contributed by atoms with Crippen LogP contribution in [0.2, 0.25) is 0 Å². The van der Waals surface area contributed by atoms with Crippen LogP contribution in [-0.2, 0) is 34.2 Å². The molecule has 28 heavy (non-hydrogen) atoms. The molecule has 1 atom stereocenters. The van der Waals surface area contributed by atoms with E-state index in [9.17, 15) is 26.4 Å². The first-order chi connectivity index (χ1) is 13.0. The predicted octanol–water partition coefficient (Wildman–Crippen LogP) is -0.268. The number of sulfonamides is 1. The van der Waals surface area contributed by atoms with Crippen LogP contribution in [0, 0.1) is 6.92 Å². The molecule has 1 saturated heterocycles. The first-order valence-corrected chi connectivity index (χ1v) is 11.8. The molecular weight excluding hydrogens is 408 g/mol. The molecule has 0 aliphatic carbocycles. The van der Waals surface area contributed by atoms with Crippen molar-refractivity contribution < 1.29 is 31.2 Å². The quantitative estimate of drug-likeness (QED) is 0.542. The Bertz CT molecular complexity index is 952. The Labute approximate surface area is 164 Å². The number of nitrogens with one attached hydrogen (secondary N) is 2. The van der Waals surface area contributed by atoms with Gasteiger partial charge in [-0.2, -0.15) is 0 Å². The Kier molecular flexibility index (Phi) is 7.33. The number of amides is 1. The van der Waals surface area contributed by atoms with E-state index < -0.39 is 50.9 Å². The van der Waals surface area contributed by atoms with Crippen molar-refractivity contribution in [3.63, 3.8) is 0 Å². The molecule has 1 aliphatic heterocycles. The summed E-state index contributed by atoms with van der Waals surface area (Å²) in [4.78, 5) is 23.3. The third-order valence-electron chi connectivity index (χ3n) is 3.90. The van der Waals surface area contributed by atoms with Crippen molar-refractivity contribution in [2.24, 2.45) is 0 Å². The van der Waals surface area contributed by atoms with Crippen molar-refractivity contribution in [2.45, 2.75) is 19.4 Å². The molecule has 0 saturated carbocycles. The van der Waals surface area contributed by atoms with Gasteiger partial charge in [-0.1, -0.05) is 29.8 Å². The van der Waals surface area contributed by atoms with Gasteiger partial charge in [0.15, 0.2) is 16.4 Å². The molecule has 1 fully saturated rings. The summed E-state index contributed by atoms with van der Waals surface area (Å²) < 4.78 is 53.1. The minimum atomic E-state index is -3.85. The normalized spacial score (nSPS) is 18.8. The summed E-state index contributed by atoms with van der Waals surface area (Å²) >= 11 is 0. The van der Waals surface area contributed by atoms with Crippen molar-refractivity contribution >= 4 is 37.8 Å². The van der Waals surface area contributed by atoms with Crippen LogP contribution >= 0.6 is 0 Å². The Morgan fingerprint density at radius 2 is 1.93 bits per heavy atom. The Balaban J connectivity index is 1.72. The van der Waals surface area contributed by atoms with Crippen molar-refractivity contribution in [3.05, 3.63) is 40.8 Å². The lowest BCUT2D eigenvalue weighted by molar-refractivity contribution is -0.147. The van der Waals surface area contributed by atoms with Crippen LogP contribution in [-0.4, -0.2) is 59.4 Å². The van der Waals surface area contributed by atoms with Gasteiger partial charge in [0, 0.05) is 11.4 Å². The number of rotatable bonds is 8. The van der Waals surface area contributed by atoms with E-state index in [0.29, 0.717) is 12.0 Å². The van der Waals surface area contributed by atoms with Crippen LogP contribution in [0.5, 0.6) is 0 Å². The number of hydrogen-bond acceptors (Lipinski definition) is 7. The molecule has 1 aromatic rings. The van der Waals surface area contributed by atoms with Gasteiger partial charge in [0.05, 0.1) is 11.5 Å². The molecule has 11 heteroatoms. The van der Waals surface area contributed by atoms with E-state index in [1.165, 1.54) is 6.08 Å². The van der Waals surface area contributed by atoms with Crippen molar-refractivity contribution in [1.82, 2.24) is 10.0 Å². The summed E-state index contributed by atoms with van der Waals surface area (Å²) in [6, 6.07) is 6.68. The molecule has 154 valence electrons. The molecule has 2 rings (SSSR count). The molecule has 1 unspecified atom stereocenters. The standard InChI is InChI=1S/C17H22N2O7S2/c1-13-2-4-14(5-3-13)6-9-28(24,25)18-10-17(21)26-11-16(20)19-15-7-8-27(22,23)12-15/h2-6,9,15,18H,7-8,10-12H2,1H3,(H,19,20). The Hall–Kier alpha value is -2.24. The van der Waals surface area contributed by atoms with Gasteiger partial charge in [-0.3, -0.25) is 9.59 Å². The minimum absolute atomic E-state index is 0.00954. The van der Waals surface area contributed by atoms with Gasteiger partial charge in [0.1, 0.15) is 6.54 Å². The second kappa shape index (κ2) is 9.30. The lowest BCUT2D eigenvalue weighted by Gasteiger charge is -2.11. The third-order valence-corrected chi connectivity index (χ3v) is 6.71. The summed E-state index contributed by atoms with van der Waals surface area (Å²) in [6.07, 6.45) is 1.70. The smallest absolute Gasteiger partial charge is 0.321 e. The minimum Gasteiger partial charge on any atom is -0.455 e. The van der Waals surface area contributed by atoms with E-state index >= 15 is 0 Å². The van der Waals surface area contributed by atoms with E-state index in [-0.39, 0.29) is 11.5 Å². The van der Waals surface area contributed by atoms with Gasteiger partial charge in [-0.25, -0.2) is 21.6 Å². The van der Waals surface area contributed by atoms with Gasteiger partial charge in [0.2, 0.25) is 10.0 Å². The molecular formula is C17H22N2O7S2. The molecule has 0 spiro atoms. The highest BCUT2D eigenvalue weighted by molar-refractivity contribution is 7.92. The van der Waals surface area contributed by atoms with E-state index in [4.69, 9.17) is 0 Å². The number of ether oxygens (including phenoxy) is 1. The van der Waals surface area contributed by atoms with E-state index in [1.54, 1.807) is 12.1 Å². The number of hydrogen-bond donors (Lipinski definition) is 2. The zero-order valence-electron chi connectivity index (χ0n) is 15.3. The fourth-order valence-electron chi connectivity index (χ4n) is 2.43. The summed E-state index contributed by atoms with van der Waals surface area (Å²) in [5.74, 6) is -1.70. The summed E-state index contributed by atoms with van der Waals surface area (Å²) in [5.41, 5.74) is 1.73. The van der Waals surface area contributed by atoms with Crippen LogP contribution in [0.25, 0.3) is 6.08 Å². The molecule has 0 bridgehead atoms. The van der Waals surface area contributed by atoms with Gasteiger partial charge in [-0.05, 0) is 25.0 Å². The van der Waals surface area contributed by atoms with Crippen LogP contribution in [0.3, 0.4) is 0 Å². The van der Waals surface area contributed by atoms with Gasteiger partial charge in [0.25, 0.3) is 5.91 Å². The second-order valence-electron chi connectivity index (χ2n) is 6.41. The Morgan fingerprint density at radius 1 is 1.25 bits per heavy atom. The second-order valence-corrected chi connectivity index (χ2v) is 10.3. The average molecular weight is 431 g/mol. The highest BCUT2D eigenvalue weighted by atomic mass is 32.2. The van der Waals surface area contributed by atoms with Gasteiger partial charge < -0.3 is 10.1 Å². The van der Waals surface area contributed by atoms with Crippen molar-refractivity contribution in [3.8, 4) is 0 Å². The van der Waals surface area contributed by atoms with Crippen LogP contribution in [0.4, 0.5) is 0 Å². The molecule has 9 nitrogen and oxygen atoms in total. The van der Waals surface area contributed by atoms with Crippen LogP contribution in [0.15, 0.2) is 29.7 Å². The molecule has 1 amide bonds.